The highest BCUT2D eigenvalue weighted by Gasteiger charge is 2.17. The van der Waals surface area contributed by atoms with Crippen LogP contribution in [0.1, 0.15) is 0 Å². The maximum atomic E-state index is 13.0. The van der Waals surface area contributed by atoms with Gasteiger partial charge >= 0.3 is 5.63 Å². The zero-order chi connectivity index (χ0) is 18.6. The highest BCUT2D eigenvalue weighted by molar-refractivity contribution is 5.85. The van der Waals surface area contributed by atoms with Gasteiger partial charge in [-0.1, -0.05) is 72.8 Å². The Bertz CT molecular complexity index is 1110. The molecule has 0 fully saturated rings. The van der Waals surface area contributed by atoms with E-state index in [0.29, 0.717) is 17.1 Å². The van der Waals surface area contributed by atoms with Gasteiger partial charge in [-0.3, -0.25) is 0 Å². The summed E-state index contributed by atoms with van der Waals surface area (Å²) in [7, 11) is 1.60. The molecule has 132 valence electrons. The summed E-state index contributed by atoms with van der Waals surface area (Å²) in [6.07, 6.45) is 0. The number of methoxy groups -OCH3 is 1. The smallest absolute Gasteiger partial charge is 0.344 e. The molecule has 0 spiro atoms. The van der Waals surface area contributed by atoms with Gasteiger partial charge in [0.25, 0.3) is 0 Å². The van der Waals surface area contributed by atoms with Gasteiger partial charge in [-0.05, 0) is 29.3 Å². The Labute approximate surface area is 157 Å². The lowest BCUT2D eigenvalue weighted by Crippen LogP contribution is -2.06. The lowest BCUT2D eigenvalue weighted by Gasteiger charge is -2.12. The topological polar surface area (TPSA) is 39.4 Å². The molecular weight excluding hydrogens is 336 g/mol. The van der Waals surface area contributed by atoms with E-state index in [-0.39, 0.29) is 5.63 Å². The van der Waals surface area contributed by atoms with E-state index in [1.807, 2.05) is 91.0 Å². The average molecular weight is 354 g/mol. The van der Waals surface area contributed by atoms with Gasteiger partial charge in [-0.15, -0.1) is 0 Å². The van der Waals surface area contributed by atoms with Crippen molar-refractivity contribution in [2.45, 2.75) is 0 Å². The minimum Gasteiger partial charge on any atom is -0.496 e. The van der Waals surface area contributed by atoms with Gasteiger partial charge in [0.1, 0.15) is 11.5 Å². The molecule has 1 aromatic heterocycles. The van der Waals surface area contributed by atoms with E-state index in [2.05, 4.69) is 0 Å². The molecule has 4 aromatic rings. The van der Waals surface area contributed by atoms with Gasteiger partial charge in [0.2, 0.25) is 0 Å². The third-order valence-corrected chi connectivity index (χ3v) is 4.47. The van der Waals surface area contributed by atoms with Crippen molar-refractivity contribution >= 4 is 0 Å². The summed E-state index contributed by atoms with van der Waals surface area (Å²) in [5, 5.41) is 0. The molecule has 3 heteroatoms. The highest BCUT2D eigenvalue weighted by atomic mass is 16.5. The van der Waals surface area contributed by atoms with E-state index in [1.165, 1.54) is 0 Å². The van der Waals surface area contributed by atoms with Crippen molar-refractivity contribution in [3.8, 4) is 39.3 Å². The molecule has 0 radical (unpaired) electrons. The predicted octanol–water partition coefficient (Wildman–Crippen LogP) is 5.65. The molecule has 0 unspecified atom stereocenters. The Hall–Kier alpha value is -3.59. The standard InChI is InChI=1S/C24H18O3/c1-26-21-15-9-8-14-19(21)22-16-20(17-10-4-2-5-11-17)23(24(25)27-22)18-12-6-3-7-13-18/h2-16H,1H3. The van der Waals surface area contributed by atoms with E-state index < -0.39 is 0 Å². The number of rotatable bonds is 4. The molecular formula is C24H18O3. The van der Waals surface area contributed by atoms with E-state index >= 15 is 0 Å². The zero-order valence-corrected chi connectivity index (χ0v) is 14.9. The molecule has 0 aliphatic rings. The Morgan fingerprint density at radius 3 is 1.96 bits per heavy atom. The van der Waals surface area contributed by atoms with Crippen molar-refractivity contribution in [2.75, 3.05) is 7.11 Å². The molecule has 3 nitrogen and oxygen atoms in total. The fraction of sp³-hybridized carbons (Fsp3) is 0.0417. The summed E-state index contributed by atoms with van der Waals surface area (Å²) >= 11 is 0. The molecule has 0 saturated heterocycles. The first-order chi connectivity index (χ1) is 13.3. The van der Waals surface area contributed by atoms with Gasteiger partial charge in [0, 0.05) is 5.56 Å². The van der Waals surface area contributed by atoms with E-state index in [1.54, 1.807) is 7.11 Å². The van der Waals surface area contributed by atoms with E-state index in [4.69, 9.17) is 9.15 Å². The number of hydrogen-bond acceptors (Lipinski definition) is 3. The van der Waals surface area contributed by atoms with Crippen LogP contribution in [0.4, 0.5) is 0 Å². The summed E-state index contributed by atoms with van der Waals surface area (Å²) in [6, 6.07) is 28.9. The predicted molar refractivity (Wildman–Crippen MR) is 108 cm³/mol. The largest absolute Gasteiger partial charge is 0.496 e. The van der Waals surface area contributed by atoms with Crippen LogP contribution in [0.25, 0.3) is 33.6 Å². The Kier molecular flexibility index (Phi) is 4.58. The number of ether oxygens (including phenoxy) is 1. The summed E-state index contributed by atoms with van der Waals surface area (Å²) in [4.78, 5) is 13.0. The lowest BCUT2D eigenvalue weighted by atomic mass is 9.95. The first-order valence-electron chi connectivity index (χ1n) is 8.70. The third kappa shape index (κ3) is 3.27. The van der Waals surface area contributed by atoms with Crippen molar-refractivity contribution < 1.29 is 9.15 Å². The van der Waals surface area contributed by atoms with Crippen LogP contribution in [0.5, 0.6) is 5.75 Å². The first-order valence-corrected chi connectivity index (χ1v) is 8.70. The van der Waals surface area contributed by atoms with Crippen LogP contribution < -0.4 is 10.4 Å². The molecule has 0 N–H and O–H groups in total. The Morgan fingerprint density at radius 2 is 1.30 bits per heavy atom. The van der Waals surface area contributed by atoms with Crippen LogP contribution in [0.2, 0.25) is 0 Å². The van der Waals surface area contributed by atoms with E-state index in [9.17, 15) is 4.79 Å². The summed E-state index contributed by atoms with van der Waals surface area (Å²) in [6.45, 7) is 0. The lowest BCUT2D eigenvalue weighted by molar-refractivity contribution is 0.413. The number of benzene rings is 3. The van der Waals surface area contributed by atoms with E-state index in [0.717, 1.165) is 22.3 Å². The normalized spacial score (nSPS) is 10.6. The Balaban J connectivity index is 2.01. The molecule has 0 aliphatic carbocycles. The molecule has 0 atom stereocenters. The van der Waals surface area contributed by atoms with Crippen LogP contribution >= 0.6 is 0 Å². The zero-order valence-electron chi connectivity index (χ0n) is 14.9. The van der Waals surface area contributed by atoms with Crippen molar-refractivity contribution in [3.05, 3.63) is 101 Å². The van der Waals surface area contributed by atoms with Crippen molar-refractivity contribution in [2.24, 2.45) is 0 Å². The van der Waals surface area contributed by atoms with Crippen LogP contribution in [0, 0.1) is 0 Å². The van der Waals surface area contributed by atoms with Crippen LogP contribution in [0.3, 0.4) is 0 Å². The van der Waals surface area contributed by atoms with Gasteiger partial charge in [0.15, 0.2) is 0 Å². The van der Waals surface area contributed by atoms with Crippen molar-refractivity contribution in [3.63, 3.8) is 0 Å². The summed E-state index contributed by atoms with van der Waals surface area (Å²) in [5.41, 5.74) is 3.55. The van der Waals surface area contributed by atoms with Gasteiger partial charge in [-0.25, -0.2) is 4.79 Å². The molecule has 0 aliphatic heterocycles. The molecule has 0 bridgehead atoms. The fourth-order valence-corrected chi connectivity index (χ4v) is 3.20. The second kappa shape index (κ2) is 7.34. The number of hydrogen-bond donors (Lipinski definition) is 0. The van der Waals surface area contributed by atoms with Crippen LogP contribution in [0.15, 0.2) is 100 Å². The fourth-order valence-electron chi connectivity index (χ4n) is 3.20. The third-order valence-electron chi connectivity index (χ3n) is 4.47. The molecule has 27 heavy (non-hydrogen) atoms. The van der Waals surface area contributed by atoms with Crippen molar-refractivity contribution in [1.29, 1.82) is 0 Å². The summed E-state index contributed by atoms with van der Waals surface area (Å²) < 4.78 is 11.2. The van der Waals surface area contributed by atoms with Gasteiger partial charge < -0.3 is 9.15 Å². The maximum Gasteiger partial charge on any atom is 0.344 e. The minimum absolute atomic E-state index is 0.372. The van der Waals surface area contributed by atoms with Crippen LogP contribution in [-0.2, 0) is 0 Å². The summed E-state index contributed by atoms with van der Waals surface area (Å²) in [5.74, 6) is 1.14. The monoisotopic (exact) mass is 354 g/mol. The van der Waals surface area contributed by atoms with Gasteiger partial charge in [-0.2, -0.15) is 0 Å². The molecule has 0 saturated carbocycles. The number of para-hydroxylation sites is 1. The Morgan fingerprint density at radius 1 is 0.704 bits per heavy atom. The highest BCUT2D eigenvalue weighted by Crippen LogP contribution is 2.35. The first kappa shape index (κ1) is 16.9. The quantitative estimate of drug-likeness (QED) is 0.475. The average Bonchev–Trinajstić information content (AvgIpc) is 2.74. The molecule has 1 heterocycles. The second-order valence-electron chi connectivity index (χ2n) is 6.12. The molecule has 3 aromatic carbocycles. The molecule has 0 amide bonds. The minimum atomic E-state index is -0.372. The maximum absolute atomic E-state index is 13.0. The van der Waals surface area contributed by atoms with Gasteiger partial charge in [0.05, 0.1) is 18.2 Å². The van der Waals surface area contributed by atoms with Crippen LogP contribution in [-0.4, -0.2) is 7.11 Å². The second-order valence-corrected chi connectivity index (χ2v) is 6.12. The molecule has 4 rings (SSSR count). The SMILES string of the molecule is COc1ccccc1-c1cc(-c2ccccc2)c(-c2ccccc2)c(=O)o1. The van der Waals surface area contributed by atoms with Crippen molar-refractivity contribution in [1.82, 2.24) is 0 Å².